The Morgan fingerprint density at radius 3 is 2.44 bits per heavy atom. The maximum atomic E-state index is 12.0. The highest BCUT2D eigenvalue weighted by molar-refractivity contribution is 6.42. The van der Waals surface area contributed by atoms with Gasteiger partial charge in [-0.2, -0.15) is 0 Å². The van der Waals surface area contributed by atoms with Crippen molar-refractivity contribution < 1.29 is 14.5 Å². The molecule has 0 saturated heterocycles. The second-order valence-corrected chi connectivity index (χ2v) is 6.15. The maximum Gasteiger partial charge on any atom is 0.363 e. The van der Waals surface area contributed by atoms with Crippen LogP contribution >= 0.6 is 34.8 Å². The van der Waals surface area contributed by atoms with E-state index in [0.29, 0.717) is 15.6 Å². The van der Waals surface area contributed by atoms with Crippen LogP contribution in [0.3, 0.4) is 0 Å². The van der Waals surface area contributed by atoms with E-state index in [1.54, 1.807) is 18.2 Å². The molecule has 0 fully saturated rings. The minimum absolute atomic E-state index is 0.0101. The smallest absolute Gasteiger partial charge is 0.363 e. The number of benzene rings is 2. The van der Waals surface area contributed by atoms with Crippen LogP contribution in [0.15, 0.2) is 47.1 Å². The molecule has 0 saturated carbocycles. The van der Waals surface area contributed by atoms with E-state index in [1.165, 1.54) is 24.3 Å². The predicted molar refractivity (Wildman–Crippen MR) is 95.2 cm³/mol. The van der Waals surface area contributed by atoms with Crippen molar-refractivity contribution in [1.82, 2.24) is 0 Å². The van der Waals surface area contributed by atoms with E-state index in [2.05, 4.69) is 4.99 Å². The number of rotatable bonds is 3. The summed E-state index contributed by atoms with van der Waals surface area (Å²) in [6, 6.07) is 8.58. The first-order chi connectivity index (χ1) is 11.8. The van der Waals surface area contributed by atoms with Crippen molar-refractivity contribution in [3.63, 3.8) is 0 Å². The van der Waals surface area contributed by atoms with Crippen LogP contribution in [0, 0.1) is 10.1 Å². The second-order valence-electron chi connectivity index (χ2n) is 4.93. The van der Waals surface area contributed by atoms with Gasteiger partial charge in [-0.05, 0) is 29.8 Å². The second kappa shape index (κ2) is 6.84. The molecule has 1 aliphatic heterocycles. The van der Waals surface area contributed by atoms with Crippen molar-refractivity contribution in [3.05, 3.63) is 78.4 Å². The normalized spacial score (nSPS) is 15.2. The summed E-state index contributed by atoms with van der Waals surface area (Å²) in [4.78, 5) is 26.4. The zero-order valence-electron chi connectivity index (χ0n) is 12.2. The summed E-state index contributed by atoms with van der Waals surface area (Å²) in [7, 11) is 0. The van der Waals surface area contributed by atoms with E-state index >= 15 is 0 Å². The van der Waals surface area contributed by atoms with Gasteiger partial charge in [0.05, 0.1) is 25.6 Å². The molecule has 0 aliphatic carbocycles. The third-order valence-corrected chi connectivity index (χ3v) is 4.33. The number of carbonyl (C=O) groups excluding carboxylic acids is 1. The monoisotopic (exact) mass is 396 g/mol. The first-order valence-electron chi connectivity index (χ1n) is 6.77. The lowest BCUT2D eigenvalue weighted by atomic mass is 10.2. The molecule has 0 aromatic heterocycles. The summed E-state index contributed by atoms with van der Waals surface area (Å²) in [6.07, 6.45) is 1.46. The standard InChI is InChI=1S/C16H7Cl3N2O4/c17-11-4-2-9(21(23)24)7-10(11)15-20-14(16(22)25-15)6-8-1-3-12(18)13(19)5-8/h1-7H/b14-6+. The number of nitro benzene ring substituents is 1. The molecule has 1 heterocycles. The molecule has 0 amide bonds. The van der Waals surface area contributed by atoms with Crippen molar-refractivity contribution in [2.45, 2.75) is 0 Å². The van der Waals surface area contributed by atoms with Gasteiger partial charge in [0.1, 0.15) is 0 Å². The summed E-state index contributed by atoms with van der Waals surface area (Å²) >= 11 is 17.8. The molecule has 3 rings (SSSR count). The topological polar surface area (TPSA) is 81.8 Å². The number of nitro groups is 1. The van der Waals surface area contributed by atoms with E-state index in [4.69, 9.17) is 39.5 Å². The lowest BCUT2D eigenvalue weighted by molar-refractivity contribution is -0.384. The molecule has 1 aliphatic rings. The van der Waals surface area contributed by atoms with Crippen LogP contribution in [-0.4, -0.2) is 16.8 Å². The molecule has 0 N–H and O–H groups in total. The first-order valence-corrected chi connectivity index (χ1v) is 7.90. The fraction of sp³-hybridized carbons (Fsp3) is 0. The number of hydrogen-bond donors (Lipinski definition) is 0. The molecule has 0 spiro atoms. The van der Waals surface area contributed by atoms with Gasteiger partial charge in [0.15, 0.2) is 5.70 Å². The fourth-order valence-electron chi connectivity index (χ4n) is 2.08. The molecule has 2 aromatic rings. The lowest BCUT2D eigenvalue weighted by Crippen LogP contribution is -2.06. The van der Waals surface area contributed by atoms with Gasteiger partial charge in [-0.25, -0.2) is 9.79 Å². The first kappa shape index (κ1) is 17.4. The van der Waals surface area contributed by atoms with Gasteiger partial charge in [-0.1, -0.05) is 40.9 Å². The van der Waals surface area contributed by atoms with Crippen molar-refractivity contribution in [2.75, 3.05) is 0 Å². The Labute approximate surface area is 156 Å². The predicted octanol–water partition coefficient (Wildman–Crippen LogP) is 4.90. The number of carbonyl (C=O) groups is 1. The maximum absolute atomic E-state index is 12.0. The number of nitrogens with zero attached hydrogens (tertiary/aromatic N) is 2. The van der Waals surface area contributed by atoms with Gasteiger partial charge < -0.3 is 4.74 Å². The third-order valence-electron chi connectivity index (χ3n) is 3.26. The molecule has 2 aromatic carbocycles. The molecule has 25 heavy (non-hydrogen) atoms. The largest absolute Gasteiger partial charge is 0.402 e. The van der Waals surface area contributed by atoms with Gasteiger partial charge in [-0.15, -0.1) is 0 Å². The van der Waals surface area contributed by atoms with Crippen LogP contribution in [0.4, 0.5) is 5.69 Å². The van der Waals surface area contributed by atoms with E-state index in [-0.39, 0.29) is 27.9 Å². The Balaban J connectivity index is 2.00. The Hall–Kier alpha value is -2.41. The average Bonchev–Trinajstić information content (AvgIpc) is 2.92. The van der Waals surface area contributed by atoms with Crippen molar-refractivity contribution >= 4 is 58.4 Å². The number of non-ortho nitro benzene ring substituents is 1. The van der Waals surface area contributed by atoms with E-state index in [1.807, 2.05) is 0 Å². The number of aliphatic imine (C=N–C) groups is 1. The van der Waals surface area contributed by atoms with Gasteiger partial charge in [0, 0.05) is 12.1 Å². The molecular formula is C16H7Cl3N2O4. The third kappa shape index (κ3) is 3.66. The van der Waals surface area contributed by atoms with Gasteiger partial charge >= 0.3 is 5.97 Å². The van der Waals surface area contributed by atoms with Crippen LogP contribution in [-0.2, 0) is 9.53 Å². The molecular weight excluding hydrogens is 391 g/mol. The van der Waals surface area contributed by atoms with E-state index < -0.39 is 10.9 Å². The summed E-state index contributed by atoms with van der Waals surface area (Å²) in [5.41, 5.74) is 0.564. The minimum Gasteiger partial charge on any atom is -0.402 e. The number of halogens is 3. The minimum atomic E-state index is -0.705. The van der Waals surface area contributed by atoms with Gasteiger partial charge in [0.25, 0.3) is 5.69 Å². The summed E-state index contributed by atoms with van der Waals surface area (Å²) in [5.74, 6) is -0.811. The van der Waals surface area contributed by atoms with Crippen LogP contribution in [0.5, 0.6) is 0 Å². The van der Waals surface area contributed by atoms with Gasteiger partial charge in [0.2, 0.25) is 5.90 Å². The highest BCUT2D eigenvalue weighted by atomic mass is 35.5. The zero-order valence-corrected chi connectivity index (χ0v) is 14.5. The molecule has 9 heteroatoms. The quantitative estimate of drug-likeness (QED) is 0.319. The lowest BCUT2D eigenvalue weighted by Gasteiger charge is -2.02. The molecule has 6 nitrogen and oxygen atoms in total. The highest BCUT2D eigenvalue weighted by Crippen LogP contribution is 2.28. The van der Waals surface area contributed by atoms with Crippen LogP contribution in [0.25, 0.3) is 6.08 Å². The Bertz CT molecular complexity index is 970. The summed E-state index contributed by atoms with van der Waals surface area (Å²) < 4.78 is 5.08. The van der Waals surface area contributed by atoms with Crippen LogP contribution < -0.4 is 0 Å². The Kier molecular flexibility index (Phi) is 4.76. The zero-order chi connectivity index (χ0) is 18.1. The van der Waals surface area contributed by atoms with Crippen LogP contribution in [0.1, 0.15) is 11.1 Å². The molecule has 0 atom stereocenters. The fourth-order valence-corrected chi connectivity index (χ4v) is 2.58. The summed E-state index contributed by atoms with van der Waals surface area (Å²) in [5, 5.41) is 11.8. The SMILES string of the molecule is O=C1OC(c2cc([N+](=O)[O-])ccc2Cl)=N/C1=C/c1ccc(Cl)c(Cl)c1. The summed E-state index contributed by atoms with van der Waals surface area (Å²) in [6.45, 7) is 0. The van der Waals surface area contributed by atoms with Gasteiger partial charge in [-0.3, -0.25) is 10.1 Å². The highest BCUT2D eigenvalue weighted by Gasteiger charge is 2.27. The van der Waals surface area contributed by atoms with Crippen molar-refractivity contribution in [3.8, 4) is 0 Å². The number of ether oxygens (including phenoxy) is 1. The van der Waals surface area contributed by atoms with Crippen molar-refractivity contribution in [1.29, 1.82) is 0 Å². The average molecular weight is 398 g/mol. The molecule has 0 bridgehead atoms. The number of esters is 1. The van der Waals surface area contributed by atoms with E-state index in [0.717, 1.165) is 0 Å². The van der Waals surface area contributed by atoms with E-state index in [9.17, 15) is 14.9 Å². The Morgan fingerprint density at radius 1 is 1.04 bits per heavy atom. The van der Waals surface area contributed by atoms with Crippen LogP contribution in [0.2, 0.25) is 15.1 Å². The molecule has 126 valence electrons. The Morgan fingerprint density at radius 2 is 1.76 bits per heavy atom. The number of hydrogen-bond acceptors (Lipinski definition) is 5. The van der Waals surface area contributed by atoms with Crippen molar-refractivity contribution in [2.24, 2.45) is 4.99 Å². The molecule has 0 unspecified atom stereocenters. The molecule has 0 radical (unpaired) electrons. The number of cyclic esters (lactones) is 1.